The van der Waals surface area contributed by atoms with Gasteiger partial charge < -0.3 is 15.3 Å². The van der Waals surface area contributed by atoms with Crippen LogP contribution in [0.25, 0.3) is 22.3 Å². The molecule has 0 saturated heterocycles. The molecule has 3 aromatic rings. The van der Waals surface area contributed by atoms with Crippen LogP contribution >= 0.6 is 0 Å². The molecule has 4 rings (SSSR count). The number of aliphatic hydroxyl groups is 3. The number of hydrogen-bond donors (Lipinski definition) is 3. The van der Waals surface area contributed by atoms with Gasteiger partial charge in [-0.1, -0.05) is 42.5 Å². The van der Waals surface area contributed by atoms with Crippen LogP contribution in [0, 0.1) is 0 Å². The van der Waals surface area contributed by atoms with E-state index in [1.54, 1.807) is 30.3 Å². The van der Waals surface area contributed by atoms with Crippen LogP contribution in [0.4, 0.5) is 13.2 Å². The van der Waals surface area contributed by atoms with Crippen LogP contribution in [0.3, 0.4) is 0 Å². The summed E-state index contributed by atoms with van der Waals surface area (Å²) in [6.45, 7) is -1.65. The van der Waals surface area contributed by atoms with Gasteiger partial charge in [0.25, 0.3) is 0 Å². The summed E-state index contributed by atoms with van der Waals surface area (Å²) < 4.78 is 42.8. The molecule has 1 atom stereocenters. The Bertz CT molecular complexity index is 1030. The Morgan fingerprint density at radius 1 is 0.862 bits per heavy atom. The van der Waals surface area contributed by atoms with Gasteiger partial charge in [0.2, 0.25) is 0 Å². The lowest BCUT2D eigenvalue weighted by Gasteiger charge is -2.27. The summed E-state index contributed by atoms with van der Waals surface area (Å²) >= 11 is 0. The monoisotopic (exact) mass is 404 g/mol. The number of alkyl halides is 3. The fraction of sp³-hybridized carbons (Fsp3) is 0.286. The van der Waals surface area contributed by atoms with Crippen LogP contribution in [0.15, 0.2) is 54.9 Å². The van der Waals surface area contributed by atoms with Crippen molar-refractivity contribution < 1.29 is 28.5 Å². The van der Waals surface area contributed by atoms with E-state index in [0.717, 1.165) is 0 Å². The van der Waals surface area contributed by atoms with Crippen molar-refractivity contribution >= 4 is 0 Å². The molecule has 1 heterocycles. The minimum Gasteiger partial charge on any atom is -0.394 e. The van der Waals surface area contributed by atoms with Crippen molar-refractivity contribution in [2.75, 3.05) is 19.8 Å². The number of benzene rings is 2. The van der Waals surface area contributed by atoms with Crippen LogP contribution in [-0.2, 0) is 5.54 Å². The van der Waals surface area contributed by atoms with Crippen molar-refractivity contribution in [3.05, 3.63) is 66.0 Å². The third-order valence-corrected chi connectivity index (χ3v) is 5.54. The molecule has 1 aliphatic rings. The molecule has 1 aliphatic carbocycles. The highest BCUT2D eigenvalue weighted by molar-refractivity contribution is 5.91. The summed E-state index contributed by atoms with van der Waals surface area (Å²) in [7, 11) is 0. The molecule has 152 valence electrons. The zero-order valence-electron chi connectivity index (χ0n) is 15.3. The summed E-state index contributed by atoms with van der Waals surface area (Å²) in [6, 6.07) is 11.3. The molecule has 0 fully saturated rings. The van der Waals surface area contributed by atoms with Crippen molar-refractivity contribution in [2.24, 2.45) is 0 Å². The van der Waals surface area contributed by atoms with E-state index >= 15 is 0 Å². The molecule has 0 saturated carbocycles. The van der Waals surface area contributed by atoms with Gasteiger partial charge >= 0.3 is 6.18 Å². The highest BCUT2D eigenvalue weighted by Crippen LogP contribution is 2.54. The number of rotatable bonds is 5. The molecule has 8 heteroatoms. The Balaban J connectivity index is 1.90. The maximum Gasteiger partial charge on any atom is 0.399 e. The van der Waals surface area contributed by atoms with Crippen LogP contribution in [0.2, 0.25) is 0 Å². The van der Waals surface area contributed by atoms with Crippen molar-refractivity contribution in [1.82, 2.24) is 9.78 Å². The van der Waals surface area contributed by atoms with Gasteiger partial charge in [-0.05, 0) is 27.8 Å². The Labute approximate surface area is 164 Å². The smallest absolute Gasteiger partial charge is 0.394 e. The fourth-order valence-corrected chi connectivity index (χ4v) is 3.94. The Hall–Kier alpha value is -2.68. The topological polar surface area (TPSA) is 78.5 Å². The van der Waals surface area contributed by atoms with E-state index in [1.165, 1.54) is 29.2 Å². The highest BCUT2D eigenvalue weighted by Gasteiger charge is 2.47. The minimum atomic E-state index is -4.43. The van der Waals surface area contributed by atoms with Crippen LogP contribution < -0.4 is 0 Å². The molecule has 0 unspecified atom stereocenters. The Morgan fingerprint density at radius 2 is 1.48 bits per heavy atom. The zero-order chi connectivity index (χ0) is 20.8. The zero-order valence-corrected chi connectivity index (χ0v) is 15.3. The third-order valence-electron chi connectivity index (χ3n) is 5.54. The lowest BCUT2D eigenvalue weighted by atomic mass is 9.93. The van der Waals surface area contributed by atoms with Crippen molar-refractivity contribution in [2.45, 2.75) is 17.6 Å². The van der Waals surface area contributed by atoms with Crippen molar-refractivity contribution in [3.8, 4) is 22.3 Å². The van der Waals surface area contributed by atoms with E-state index in [-0.39, 0.29) is 11.1 Å². The molecule has 0 aliphatic heterocycles. The molecule has 0 spiro atoms. The van der Waals surface area contributed by atoms with Gasteiger partial charge in [0, 0.05) is 11.8 Å². The lowest BCUT2D eigenvalue weighted by Crippen LogP contribution is -2.45. The van der Waals surface area contributed by atoms with E-state index in [4.69, 9.17) is 0 Å². The molecular formula is C21H19F3N2O3. The van der Waals surface area contributed by atoms with Gasteiger partial charge in [-0.3, -0.25) is 4.68 Å². The summed E-state index contributed by atoms with van der Waals surface area (Å²) in [5.41, 5.74) is 1.10. The number of fused-ring (bicyclic) bond motifs is 3. The van der Waals surface area contributed by atoms with Gasteiger partial charge in [0.15, 0.2) is 0 Å². The van der Waals surface area contributed by atoms with Gasteiger partial charge in [0.1, 0.15) is 11.5 Å². The fourth-order valence-electron chi connectivity index (χ4n) is 3.94. The maximum atomic E-state index is 13.9. The summed E-state index contributed by atoms with van der Waals surface area (Å²) in [5.74, 6) is -1.70. The average Bonchev–Trinajstić information content (AvgIpc) is 3.32. The second-order valence-electron chi connectivity index (χ2n) is 7.20. The molecule has 5 nitrogen and oxygen atoms in total. The molecule has 1 aromatic heterocycles. The number of nitrogens with zero attached hydrogens (tertiary/aromatic N) is 2. The summed E-state index contributed by atoms with van der Waals surface area (Å²) in [4.78, 5) is 0. The summed E-state index contributed by atoms with van der Waals surface area (Å²) in [5, 5.41) is 33.0. The largest absolute Gasteiger partial charge is 0.399 e. The summed E-state index contributed by atoms with van der Waals surface area (Å²) in [6.07, 6.45) is -1.46. The van der Waals surface area contributed by atoms with Gasteiger partial charge in [-0.2, -0.15) is 18.3 Å². The van der Waals surface area contributed by atoms with Crippen LogP contribution in [-0.4, -0.2) is 51.1 Å². The van der Waals surface area contributed by atoms with Gasteiger partial charge in [0.05, 0.1) is 26.0 Å². The quantitative estimate of drug-likeness (QED) is 0.611. The lowest BCUT2D eigenvalue weighted by molar-refractivity contribution is -0.140. The van der Waals surface area contributed by atoms with E-state index in [2.05, 4.69) is 5.10 Å². The normalized spacial score (nSPS) is 16.0. The van der Waals surface area contributed by atoms with Crippen molar-refractivity contribution in [1.29, 1.82) is 0 Å². The first-order valence-electron chi connectivity index (χ1n) is 9.03. The Morgan fingerprint density at radius 3 is 2.14 bits per heavy atom. The SMILES string of the molecule is OCC(CO)(CO)n1cc(-c2cccc3c2-c2ccccc2[C@@H]3C(F)(F)F)cn1. The molecule has 2 aromatic carbocycles. The maximum absolute atomic E-state index is 13.9. The second-order valence-corrected chi connectivity index (χ2v) is 7.20. The van der Waals surface area contributed by atoms with Gasteiger partial charge in [-0.25, -0.2) is 0 Å². The molecule has 0 radical (unpaired) electrons. The molecule has 3 N–H and O–H groups in total. The molecular weight excluding hydrogens is 385 g/mol. The molecule has 29 heavy (non-hydrogen) atoms. The van der Waals surface area contributed by atoms with E-state index in [0.29, 0.717) is 22.3 Å². The van der Waals surface area contributed by atoms with Crippen molar-refractivity contribution in [3.63, 3.8) is 0 Å². The third kappa shape index (κ3) is 2.95. The van der Waals surface area contributed by atoms with E-state index in [9.17, 15) is 28.5 Å². The van der Waals surface area contributed by atoms with Crippen LogP contribution in [0.1, 0.15) is 17.0 Å². The predicted octanol–water partition coefficient (Wildman–Crippen LogP) is 2.90. The number of aliphatic hydroxyl groups excluding tert-OH is 3. The molecule has 0 bridgehead atoms. The van der Waals surface area contributed by atoms with Gasteiger partial charge in [-0.15, -0.1) is 0 Å². The Kier molecular flexibility index (Phi) is 4.72. The highest BCUT2D eigenvalue weighted by atomic mass is 19.4. The average molecular weight is 404 g/mol. The first-order chi connectivity index (χ1) is 13.9. The minimum absolute atomic E-state index is 0.182. The second kappa shape index (κ2) is 6.98. The number of aromatic nitrogens is 2. The first kappa shape index (κ1) is 19.6. The van der Waals surface area contributed by atoms with E-state index < -0.39 is 37.5 Å². The first-order valence-corrected chi connectivity index (χ1v) is 9.03. The van der Waals surface area contributed by atoms with Crippen LogP contribution in [0.5, 0.6) is 0 Å². The molecule has 0 amide bonds. The number of halogens is 3. The van der Waals surface area contributed by atoms with E-state index in [1.807, 2.05) is 0 Å². The standard InChI is InChI=1S/C21H19F3N2O3/c22-21(23,24)19-16-5-2-1-4-15(16)18-14(6-3-7-17(18)19)13-8-25-26(9-13)20(10-27,11-28)12-29/h1-9,19,27-29H,10-12H2/t19-/m0/s1. The predicted molar refractivity (Wildman–Crippen MR) is 100 cm³/mol. The number of hydrogen-bond acceptors (Lipinski definition) is 4.